The van der Waals surface area contributed by atoms with Crippen molar-refractivity contribution < 1.29 is 14.6 Å². The fourth-order valence-corrected chi connectivity index (χ4v) is 1.74. The number of methoxy groups -OCH3 is 1. The molecular formula is C12H9ClN2O3. The van der Waals surface area contributed by atoms with Crippen LogP contribution in [0.5, 0.6) is 5.75 Å². The Kier molecular flexibility index (Phi) is 3.43. The second kappa shape index (κ2) is 5.01. The highest BCUT2D eigenvalue weighted by molar-refractivity contribution is 6.33. The fraction of sp³-hybridized carbons (Fsp3) is 0.0833. The molecule has 0 aliphatic heterocycles. The maximum Gasteiger partial charge on any atom is 0.358 e. The number of esters is 1. The van der Waals surface area contributed by atoms with Gasteiger partial charge in [-0.15, -0.1) is 0 Å². The highest BCUT2D eigenvalue weighted by Crippen LogP contribution is 2.30. The van der Waals surface area contributed by atoms with Crippen LogP contribution in [0.2, 0.25) is 5.02 Å². The number of carbonyl (C=O) groups is 1. The molecule has 0 saturated carbocycles. The van der Waals surface area contributed by atoms with E-state index in [9.17, 15) is 9.90 Å². The summed E-state index contributed by atoms with van der Waals surface area (Å²) in [7, 11) is 1.26. The first-order valence-corrected chi connectivity index (χ1v) is 5.39. The third kappa shape index (κ3) is 2.26. The summed E-state index contributed by atoms with van der Waals surface area (Å²) < 4.78 is 4.63. The zero-order valence-corrected chi connectivity index (χ0v) is 10.2. The molecule has 0 fully saturated rings. The van der Waals surface area contributed by atoms with Crippen LogP contribution in [0.3, 0.4) is 0 Å². The van der Waals surface area contributed by atoms with E-state index < -0.39 is 5.97 Å². The third-order valence-electron chi connectivity index (χ3n) is 2.28. The van der Waals surface area contributed by atoms with Gasteiger partial charge >= 0.3 is 5.97 Å². The van der Waals surface area contributed by atoms with E-state index in [-0.39, 0.29) is 16.5 Å². The Hall–Kier alpha value is -2.14. The lowest BCUT2D eigenvalue weighted by Crippen LogP contribution is -2.07. The quantitative estimate of drug-likeness (QED) is 0.843. The Labute approximate surface area is 108 Å². The molecule has 0 atom stereocenters. The number of hydrogen-bond acceptors (Lipinski definition) is 5. The molecule has 2 rings (SSSR count). The average Bonchev–Trinajstić information content (AvgIpc) is 2.38. The number of halogens is 1. The molecule has 0 unspecified atom stereocenters. The van der Waals surface area contributed by atoms with Crippen molar-refractivity contribution >= 4 is 17.6 Å². The van der Waals surface area contributed by atoms with E-state index in [1.807, 2.05) is 0 Å². The molecular weight excluding hydrogens is 256 g/mol. The molecule has 5 nitrogen and oxygen atoms in total. The van der Waals surface area contributed by atoms with E-state index in [0.717, 1.165) is 0 Å². The maximum absolute atomic E-state index is 11.6. The van der Waals surface area contributed by atoms with E-state index in [4.69, 9.17) is 11.6 Å². The molecule has 0 amide bonds. The summed E-state index contributed by atoms with van der Waals surface area (Å²) in [6.07, 6.45) is 2.84. The minimum atomic E-state index is -0.595. The van der Waals surface area contributed by atoms with Gasteiger partial charge < -0.3 is 9.84 Å². The van der Waals surface area contributed by atoms with Crippen LogP contribution in [-0.4, -0.2) is 28.2 Å². The van der Waals surface area contributed by atoms with E-state index >= 15 is 0 Å². The van der Waals surface area contributed by atoms with E-state index in [1.165, 1.54) is 31.6 Å². The molecule has 0 aliphatic carbocycles. The molecule has 0 saturated heterocycles. The van der Waals surface area contributed by atoms with E-state index in [2.05, 4.69) is 14.7 Å². The normalized spacial score (nSPS) is 10.1. The average molecular weight is 265 g/mol. The van der Waals surface area contributed by atoms with Crippen LogP contribution in [-0.2, 0) is 4.74 Å². The zero-order chi connectivity index (χ0) is 13.1. The van der Waals surface area contributed by atoms with E-state index in [0.29, 0.717) is 11.3 Å². The first kappa shape index (κ1) is 12.3. The summed E-state index contributed by atoms with van der Waals surface area (Å²) in [5.41, 5.74) is 0.893. The third-order valence-corrected chi connectivity index (χ3v) is 2.60. The number of rotatable bonds is 2. The van der Waals surface area contributed by atoms with Crippen LogP contribution in [0.15, 0.2) is 30.6 Å². The Morgan fingerprint density at radius 2 is 2.06 bits per heavy atom. The van der Waals surface area contributed by atoms with Gasteiger partial charge in [-0.3, -0.25) is 4.98 Å². The van der Waals surface area contributed by atoms with Crippen molar-refractivity contribution in [3.63, 3.8) is 0 Å². The summed E-state index contributed by atoms with van der Waals surface area (Å²) in [5.74, 6) is -0.561. The number of carbonyl (C=O) groups excluding carboxylic acids is 1. The molecule has 2 aromatic rings. The number of phenols is 1. The van der Waals surface area contributed by atoms with Gasteiger partial charge in [0.1, 0.15) is 11.4 Å². The van der Waals surface area contributed by atoms with Gasteiger partial charge in [0.2, 0.25) is 0 Å². The van der Waals surface area contributed by atoms with Gasteiger partial charge in [-0.05, 0) is 18.2 Å². The van der Waals surface area contributed by atoms with Gasteiger partial charge in [0.05, 0.1) is 12.1 Å². The number of aromatic nitrogens is 2. The minimum Gasteiger partial charge on any atom is -0.508 e. The Morgan fingerprint density at radius 1 is 1.33 bits per heavy atom. The molecule has 18 heavy (non-hydrogen) atoms. The molecule has 0 spiro atoms. The minimum absolute atomic E-state index is 0.0345. The SMILES string of the molecule is COC(=O)c1nccnc1-c1ccc(O)cc1Cl. The largest absolute Gasteiger partial charge is 0.508 e. The monoisotopic (exact) mass is 264 g/mol. The van der Waals surface area contributed by atoms with Crippen LogP contribution in [0.4, 0.5) is 0 Å². The number of hydrogen-bond donors (Lipinski definition) is 1. The second-order valence-corrected chi connectivity index (χ2v) is 3.82. The van der Waals surface area contributed by atoms with Gasteiger partial charge in [0, 0.05) is 18.0 Å². The summed E-state index contributed by atoms with van der Waals surface area (Å²) in [6.45, 7) is 0. The fourth-order valence-electron chi connectivity index (χ4n) is 1.48. The highest BCUT2D eigenvalue weighted by Gasteiger charge is 2.18. The van der Waals surface area contributed by atoms with Gasteiger partial charge in [-0.2, -0.15) is 0 Å². The van der Waals surface area contributed by atoms with Crippen molar-refractivity contribution in [1.29, 1.82) is 0 Å². The molecule has 1 aromatic carbocycles. The van der Waals surface area contributed by atoms with Crippen molar-refractivity contribution in [2.24, 2.45) is 0 Å². The summed E-state index contributed by atoms with van der Waals surface area (Å²) in [5, 5.41) is 9.58. The Balaban J connectivity index is 2.60. The standard InChI is InChI=1S/C12H9ClN2O3/c1-18-12(17)11-10(14-4-5-15-11)8-3-2-7(16)6-9(8)13/h2-6,16H,1H3. The molecule has 92 valence electrons. The number of nitrogens with zero attached hydrogens (tertiary/aromatic N) is 2. The lowest BCUT2D eigenvalue weighted by molar-refractivity contribution is 0.0594. The summed E-state index contributed by atoms with van der Waals surface area (Å²) in [4.78, 5) is 19.6. The molecule has 0 aliphatic rings. The lowest BCUT2D eigenvalue weighted by Gasteiger charge is -2.07. The molecule has 0 bridgehead atoms. The summed E-state index contributed by atoms with van der Waals surface area (Å²) >= 11 is 6.00. The van der Waals surface area contributed by atoms with Crippen LogP contribution >= 0.6 is 11.6 Å². The number of phenolic OH excluding ortho intramolecular Hbond substituents is 1. The topological polar surface area (TPSA) is 72.3 Å². The van der Waals surface area contributed by atoms with Crippen LogP contribution < -0.4 is 0 Å². The van der Waals surface area contributed by atoms with Crippen molar-refractivity contribution in [3.05, 3.63) is 41.3 Å². The predicted molar refractivity (Wildman–Crippen MR) is 65.5 cm³/mol. The van der Waals surface area contributed by atoms with Crippen molar-refractivity contribution in [3.8, 4) is 17.0 Å². The lowest BCUT2D eigenvalue weighted by atomic mass is 10.1. The van der Waals surface area contributed by atoms with E-state index in [1.54, 1.807) is 6.07 Å². The summed E-state index contributed by atoms with van der Waals surface area (Å²) in [6, 6.07) is 4.39. The maximum atomic E-state index is 11.6. The van der Waals surface area contributed by atoms with Gasteiger partial charge in [0.25, 0.3) is 0 Å². The smallest absolute Gasteiger partial charge is 0.358 e. The number of ether oxygens (including phenoxy) is 1. The predicted octanol–water partition coefficient (Wildman–Crippen LogP) is 2.29. The van der Waals surface area contributed by atoms with Crippen molar-refractivity contribution in [2.75, 3.05) is 7.11 Å². The van der Waals surface area contributed by atoms with Gasteiger partial charge in [-0.25, -0.2) is 9.78 Å². The van der Waals surface area contributed by atoms with Crippen molar-refractivity contribution in [2.45, 2.75) is 0 Å². The van der Waals surface area contributed by atoms with Gasteiger partial charge in [-0.1, -0.05) is 11.6 Å². The molecule has 0 radical (unpaired) electrons. The van der Waals surface area contributed by atoms with Crippen LogP contribution in [0, 0.1) is 0 Å². The molecule has 6 heteroatoms. The van der Waals surface area contributed by atoms with Crippen LogP contribution in [0.25, 0.3) is 11.3 Å². The highest BCUT2D eigenvalue weighted by atomic mass is 35.5. The van der Waals surface area contributed by atoms with Gasteiger partial charge in [0.15, 0.2) is 5.69 Å². The second-order valence-electron chi connectivity index (χ2n) is 3.41. The zero-order valence-electron chi connectivity index (χ0n) is 9.42. The molecule has 1 N–H and O–H groups in total. The van der Waals surface area contributed by atoms with Crippen molar-refractivity contribution in [1.82, 2.24) is 9.97 Å². The first-order valence-electron chi connectivity index (χ1n) is 5.01. The van der Waals surface area contributed by atoms with Crippen LogP contribution in [0.1, 0.15) is 10.5 Å². The Bertz CT molecular complexity index is 602. The number of benzene rings is 1. The molecule has 1 heterocycles. The Morgan fingerprint density at radius 3 is 2.72 bits per heavy atom. The first-order chi connectivity index (χ1) is 8.63. The molecule has 1 aromatic heterocycles. The number of aromatic hydroxyl groups is 1.